The summed E-state index contributed by atoms with van der Waals surface area (Å²) in [6, 6.07) is 0. The Morgan fingerprint density at radius 2 is 0.944 bits per heavy atom. The predicted octanol–water partition coefficient (Wildman–Crippen LogP) is 18.5. The van der Waals surface area contributed by atoms with Crippen LogP contribution in [-0.4, -0.2) is 113 Å². The van der Waals surface area contributed by atoms with Gasteiger partial charge in [0, 0.05) is 59.3 Å². The maximum absolute atomic E-state index is 11.6. The summed E-state index contributed by atoms with van der Waals surface area (Å²) >= 11 is 2.20. The number of aliphatic hydroxyl groups is 1. The Morgan fingerprint density at radius 1 is 0.519 bits per heavy atom. The molecule has 11 amide bonds. The van der Waals surface area contributed by atoms with Crippen molar-refractivity contribution in [2.75, 3.05) is 12.3 Å². The van der Waals surface area contributed by atoms with Gasteiger partial charge in [0.15, 0.2) is 5.60 Å². The average molecular weight is 1590 g/mol. The average Bonchev–Trinajstić information content (AvgIpc) is 1.66. The fourth-order valence-electron chi connectivity index (χ4n) is 11.2. The molecule has 7 unspecified atom stereocenters. The lowest BCUT2D eigenvalue weighted by Crippen LogP contribution is -2.48. The molecular formula is C84H157N7O14S3. The zero-order valence-corrected chi connectivity index (χ0v) is 77.1. The topological polar surface area (TPSA) is 319 Å². The van der Waals surface area contributed by atoms with Crippen LogP contribution in [0.25, 0.3) is 0 Å². The molecule has 7 fully saturated rings. The van der Waals surface area contributed by atoms with Gasteiger partial charge in [-0.3, -0.25) is 73.9 Å². The molecule has 7 rings (SSSR count). The van der Waals surface area contributed by atoms with Crippen LogP contribution in [0, 0.1) is 71.4 Å². The fraction of sp³-hybridized carbons (Fsp3) is 0.833. The minimum atomic E-state index is -2.32. The van der Waals surface area contributed by atoms with Crippen molar-refractivity contribution in [3.8, 4) is 0 Å². The van der Waals surface area contributed by atoms with Gasteiger partial charge in [0.25, 0.3) is 16.4 Å². The molecule has 1 saturated carbocycles. The third kappa shape index (κ3) is 52.4. The second-order valence-corrected chi connectivity index (χ2v) is 47.9. The van der Waals surface area contributed by atoms with Crippen molar-refractivity contribution >= 4 is 103 Å². The summed E-state index contributed by atoms with van der Waals surface area (Å²) in [5, 5.41) is 23.7. The van der Waals surface area contributed by atoms with E-state index in [1.165, 1.54) is 19.3 Å². The van der Waals surface area contributed by atoms with Crippen molar-refractivity contribution in [2.45, 2.75) is 367 Å². The third-order valence-electron chi connectivity index (χ3n) is 17.4. The van der Waals surface area contributed by atoms with Gasteiger partial charge in [-0.05, 0) is 137 Å². The summed E-state index contributed by atoms with van der Waals surface area (Å²) in [5.41, 5.74) is 1.19. The van der Waals surface area contributed by atoms with Gasteiger partial charge in [-0.15, -0.1) is 0 Å². The summed E-state index contributed by atoms with van der Waals surface area (Å²) in [6.45, 7) is 79.9. The van der Waals surface area contributed by atoms with E-state index in [1.807, 2.05) is 55.4 Å². The molecule has 6 heterocycles. The number of ether oxygens (including phenoxy) is 1. The van der Waals surface area contributed by atoms with Crippen LogP contribution in [0.3, 0.4) is 0 Å². The highest BCUT2D eigenvalue weighted by molar-refractivity contribution is 8.16. The summed E-state index contributed by atoms with van der Waals surface area (Å²) in [7, 11) is -2.32. The molecule has 0 aromatic carbocycles. The van der Waals surface area contributed by atoms with Gasteiger partial charge in [-0.2, -0.15) is 0 Å². The Balaban J connectivity index is -0.00000115. The maximum Gasteiger partial charge on any atom is 0.415 e. The Labute approximate surface area is 665 Å². The van der Waals surface area contributed by atoms with Crippen LogP contribution in [0.5, 0.6) is 0 Å². The lowest BCUT2D eigenvalue weighted by atomic mass is 9.74. The molecule has 24 heteroatoms. The highest BCUT2D eigenvalue weighted by atomic mass is 32.2. The van der Waals surface area contributed by atoms with Gasteiger partial charge >= 0.3 is 6.09 Å². The van der Waals surface area contributed by atoms with Crippen LogP contribution in [-0.2, 0) is 52.8 Å². The predicted molar refractivity (Wildman–Crippen MR) is 450 cm³/mol. The van der Waals surface area contributed by atoms with E-state index in [9.17, 15) is 62.1 Å². The second-order valence-electron chi connectivity index (χ2n) is 43.1. The van der Waals surface area contributed by atoms with Crippen molar-refractivity contribution in [2.24, 2.45) is 71.4 Å². The van der Waals surface area contributed by atoms with Gasteiger partial charge in [-0.25, -0.2) is 9.00 Å². The number of thioether (sulfide) groups is 2. The summed E-state index contributed by atoms with van der Waals surface area (Å²) < 4.78 is 18.3. The van der Waals surface area contributed by atoms with Gasteiger partial charge < -0.3 is 20.5 Å². The summed E-state index contributed by atoms with van der Waals surface area (Å²) in [4.78, 5) is 123. The van der Waals surface area contributed by atoms with Gasteiger partial charge in [0.2, 0.25) is 41.4 Å². The van der Waals surface area contributed by atoms with Crippen LogP contribution >= 0.6 is 23.5 Å². The number of alkyl carbamates (subject to hydrolysis) is 1. The molecule has 108 heavy (non-hydrogen) atoms. The number of allylic oxidation sites excluding steroid dienone is 1. The molecule has 0 spiro atoms. The normalized spacial score (nSPS) is 24.7. The minimum Gasteiger partial charge on any atom is -0.433 e. The number of carbonyl (C=O) groups is 11. The van der Waals surface area contributed by atoms with Crippen LogP contribution in [0.15, 0.2) is 12.3 Å². The number of rotatable bonds is 9. The van der Waals surface area contributed by atoms with Gasteiger partial charge in [-0.1, -0.05) is 273 Å². The maximum atomic E-state index is 11.6. The van der Waals surface area contributed by atoms with Crippen LogP contribution in [0.2, 0.25) is 0 Å². The Bertz CT molecular complexity index is 2920. The van der Waals surface area contributed by atoms with E-state index in [1.54, 1.807) is 6.92 Å². The number of hydrogen-bond acceptors (Lipinski definition) is 16. The molecule has 0 aromatic rings. The van der Waals surface area contributed by atoms with E-state index in [2.05, 4.69) is 236 Å². The zero-order chi connectivity index (χ0) is 86.3. The zero-order valence-electron chi connectivity index (χ0n) is 74.6. The fourth-order valence-corrected chi connectivity index (χ4v) is 15.1. The number of cyclic esters (lactones) is 1. The minimum absolute atomic E-state index is 0.0202. The molecule has 0 aromatic heterocycles. The van der Waals surface area contributed by atoms with Crippen LogP contribution in [0.1, 0.15) is 346 Å². The van der Waals surface area contributed by atoms with Crippen molar-refractivity contribution in [1.29, 1.82) is 0 Å². The van der Waals surface area contributed by atoms with Gasteiger partial charge in [0.05, 0.1) is 22.2 Å². The Morgan fingerprint density at radius 3 is 1.21 bits per heavy atom. The lowest BCUT2D eigenvalue weighted by molar-refractivity contribution is -0.132. The SMILES string of the molecule is C=C1CC(C)(CC(C)(C)C)C(=O)N1.C=S1(=O)CC(CC(C)(C)C)C(=O)N1.CC(C)(C)CC(=O)NCC1(O)CCC1.CC(C)(C)CC1(C)OC(=O)NC1=O.CC(C)(C)CC1(C)SC(=O)NC1=O.CC(C)(C)CC1CC(=O)NC1=O.CC(C)(C)CC1SC(=O)NC1=O.CCC(C)(C)C.CCC(C)(C)C.CCC(C)(C)C. The smallest absolute Gasteiger partial charge is 0.415 e. The number of nitrogens with one attached hydrogen (secondary N) is 7. The van der Waals surface area contributed by atoms with Crippen LogP contribution in [0.4, 0.5) is 14.4 Å². The molecule has 7 atom stereocenters. The van der Waals surface area contributed by atoms with E-state index < -0.39 is 31.8 Å². The van der Waals surface area contributed by atoms with Crippen molar-refractivity contribution in [3.05, 3.63) is 12.3 Å². The van der Waals surface area contributed by atoms with E-state index >= 15 is 0 Å². The number of imide groups is 4. The highest BCUT2D eigenvalue weighted by Crippen LogP contribution is 2.43. The molecule has 21 nitrogen and oxygen atoms in total. The summed E-state index contributed by atoms with van der Waals surface area (Å²) in [6.07, 6.45) is 12.0. The molecule has 7 aliphatic rings. The number of carbonyl (C=O) groups excluding carboxylic acids is 11. The molecule has 6 aliphatic heterocycles. The first-order valence-electron chi connectivity index (χ1n) is 38.7. The molecule has 8 N–H and O–H groups in total. The van der Waals surface area contributed by atoms with Crippen molar-refractivity contribution < 1.29 is 66.8 Å². The lowest BCUT2D eigenvalue weighted by Gasteiger charge is -2.36. The van der Waals surface area contributed by atoms with E-state index in [-0.39, 0.29) is 118 Å². The first-order valence-corrected chi connectivity index (χ1v) is 42.3. The van der Waals surface area contributed by atoms with Crippen LogP contribution < -0.4 is 36.6 Å². The second kappa shape index (κ2) is 42.3. The van der Waals surface area contributed by atoms with Gasteiger partial charge in [0.1, 0.15) is 4.75 Å². The largest absolute Gasteiger partial charge is 0.433 e. The molecule has 6 saturated heterocycles. The monoisotopic (exact) mass is 1580 g/mol. The Hall–Kier alpha value is -4.81. The van der Waals surface area contributed by atoms with E-state index in [0.717, 1.165) is 80.6 Å². The standard InChI is InChI=1S/C11H21NO2.C11H19NO.C9H15NO3.C9H15NO2S.C9H17NO2S.C9H15NO2.C8H13NO2S.3C6H14/c1-10(2,3)7-9(13)12-8-11(14)5-4-6-11;1-8-6-11(5,9(13)12-8)7-10(2,3)4;2*1-8(2,3)5-9(4)6(11)10-7(12)13-9;1-9(2,3)5-7-6-13(4,12)10-8(7)11;1-9(2,3)5-6-4-7(11)10-8(6)12;1-8(2,3)4-5-6(10)9-7(11)12-5;3*1-5-6(2,3)4/h14H,4-8H2,1-3H3,(H,12,13);1,6-7H2,2-5H3,(H,12,13);2*5H2,1-4H3,(H,10,11,12);7H,4-6H2,1-3H3,(H,10,11,12);6H,4-5H2,1-3H3,(H,10,11,12);5H,4H2,1-3H3,(H,9,10,11);3*5H2,1-4H3. The quantitative estimate of drug-likeness (QED) is 0.0786. The molecule has 0 radical (unpaired) electrons. The third-order valence-corrected chi connectivity index (χ3v) is 20.9. The molecule has 0 bridgehead atoms. The number of hydrogen-bond donors (Lipinski definition) is 8. The number of amides is 11. The van der Waals surface area contributed by atoms with E-state index in [0.29, 0.717) is 54.2 Å². The molecular weight excluding hydrogens is 1430 g/mol. The first-order chi connectivity index (χ1) is 47.6. The highest BCUT2D eigenvalue weighted by Gasteiger charge is 2.48. The molecule has 1 aliphatic carbocycles. The van der Waals surface area contributed by atoms with Crippen molar-refractivity contribution in [1.82, 2.24) is 36.6 Å². The Kier molecular flexibility index (Phi) is 42.1. The summed E-state index contributed by atoms with van der Waals surface area (Å²) in [5.74, 6) is 2.87. The first kappa shape index (κ1) is 107. The molecule has 630 valence electrons. The van der Waals surface area contributed by atoms with Crippen molar-refractivity contribution in [3.63, 3.8) is 0 Å². The van der Waals surface area contributed by atoms with E-state index in [4.69, 9.17) is 4.74 Å².